The summed E-state index contributed by atoms with van der Waals surface area (Å²) in [6.07, 6.45) is 0.194. The second-order valence-corrected chi connectivity index (χ2v) is 4.19. The van der Waals surface area contributed by atoms with Gasteiger partial charge >= 0.3 is 0 Å². The van der Waals surface area contributed by atoms with Crippen molar-refractivity contribution in [2.75, 3.05) is 12.4 Å². The van der Waals surface area contributed by atoms with Crippen LogP contribution in [-0.2, 0) is 4.79 Å². The molecule has 2 N–H and O–H groups in total. The summed E-state index contributed by atoms with van der Waals surface area (Å²) in [6.45, 7) is 1.64. The van der Waals surface area contributed by atoms with Gasteiger partial charge in [-0.25, -0.2) is 0 Å². The molecule has 0 saturated heterocycles. The van der Waals surface area contributed by atoms with Crippen LogP contribution >= 0.6 is 11.6 Å². The first-order valence-corrected chi connectivity index (χ1v) is 5.72. The van der Waals surface area contributed by atoms with E-state index in [1.165, 1.54) is 0 Å². The molecule has 0 bridgehead atoms. The molecule has 0 aliphatic heterocycles. The van der Waals surface area contributed by atoms with Crippen molar-refractivity contribution in [1.82, 2.24) is 0 Å². The summed E-state index contributed by atoms with van der Waals surface area (Å²) in [7, 11) is 1.54. The first-order chi connectivity index (χ1) is 8.02. The minimum atomic E-state index is -0.485. The van der Waals surface area contributed by atoms with Gasteiger partial charge in [-0.1, -0.05) is 11.6 Å². The molecule has 0 aliphatic rings. The maximum atomic E-state index is 11.5. The number of aliphatic hydroxyl groups is 1. The lowest BCUT2D eigenvalue weighted by atomic mass is 10.2. The summed E-state index contributed by atoms with van der Waals surface area (Å²) >= 11 is 5.94. The van der Waals surface area contributed by atoms with Crippen LogP contribution in [0.5, 0.6) is 5.75 Å². The van der Waals surface area contributed by atoms with E-state index in [0.717, 1.165) is 0 Å². The van der Waals surface area contributed by atoms with Crippen molar-refractivity contribution in [3.8, 4) is 5.75 Å². The van der Waals surface area contributed by atoms with Gasteiger partial charge in [-0.2, -0.15) is 0 Å². The number of hydrogen-bond acceptors (Lipinski definition) is 3. The van der Waals surface area contributed by atoms with E-state index >= 15 is 0 Å². The number of halogens is 1. The molecule has 0 heterocycles. The number of aliphatic hydroxyl groups excluding tert-OH is 1. The fourth-order valence-electron chi connectivity index (χ4n) is 1.28. The summed E-state index contributed by atoms with van der Waals surface area (Å²) in [6, 6.07) is 5.03. The second-order valence-electron chi connectivity index (χ2n) is 3.78. The number of benzene rings is 1. The van der Waals surface area contributed by atoms with Crippen LogP contribution in [0, 0.1) is 0 Å². The molecule has 17 heavy (non-hydrogen) atoms. The van der Waals surface area contributed by atoms with E-state index in [-0.39, 0.29) is 12.3 Å². The van der Waals surface area contributed by atoms with E-state index in [9.17, 15) is 4.79 Å². The third-order valence-electron chi connectivity index (χ3n) is 2.24. The number of ether oxygens (including phenoxy) is 1. The Bertz CT molecular complexity index is 393. The van der Waals surface area contributed by atoms with Gasteiger partial charge in [0.1, 0.15) is 5.75 Å². The molecule has 0 spiro atoms. The Morgan fingerprint density at radius 3 is 2.88 bits per heavy atom. The maximum Gasteiger partial charge on any atom is 0.224 e. The van der Waals surface area contributed by atoms with Gasteiger partial charge in [0.2, 0.25) is 5.91 Å². The second kappa shape index (κ2) is 6.47. The van der Waals surface area contributed by atoms with Crippen LogP contribution in [0.4, 0.5) is 5.69 Å². The predicted molar refractivity (Wildman–Crippen MR) is 67.5 cm³/mol. The molecule has 0 radical (unpaired) electrons. The molecule has 1 aromatic carbocycles. The van der Waals surface area contributed by atoms with Gasteiger partial charge in [-0.05, 0) is 25.5 Å². The van der Waals surface area contributed by atoms with Gasteiger partial charge in [0.15, 0.2) is 0 Å². The lowest BCUT2D eigenvalue weighted by molar-refractivity contribution is -0.116. The lowest BCUT2D eigenvalue weighted by Gasteiger charge is -2.09. The number of anilines is 1. The van der Waals surface area contributed by atoms with E-state index in [4.69, 9.17) is 21.4 Å². The van der Waals surface area contributed by atoms with Crippen LogP contribution in [0.3, 0.4) is 0 Å². The van der Waals surface area contributed by atoms with Gasteiger partial charge in [0.25, 0.3) is 0 Å². The molecule has 0 fully saturated rings. The monoisotopic (exact) mass is 257 g/mol. The quantitative estimate of drug-likeness (QED) is 0.852. The number of carbonyl (C=O) groups is 1. The van der Waals surface area contributed by atoms with Crippen molar-refractivity contribution in [3.05, 3.63) is 23.2 Å². The van der Waals surface area contributed by atoms with Crippen molar-refractivity contribution in [1.29, 1.82) is 0 Å². The largest absolute Gasteiger partial charge is 0.497 e. The lowest BCUT2D eigenvalue weighted by Crippen LogP contribution is -2.14. The van der Waals surface area contributed by atoms with Crippen LogP contribution in [-0.4, -0.2) is 24.2 Å². The number of methoxy groups -OCH3 is 1. The third kappa shape index (κ3) is 4.63. The SMILES string of the molecule is COc1ccc(Cl)c(NC(=O)CCC(C)O)c1. The number of nitrogens with one attached hydrogen (secondary N) is 1. The summed E-state index contributed by atoms with van der Waals surface area (Å²) in [5.41, 5.74) is 0.515. The highest BCUT2D eigenvalue weighted by molar-refractivity contribution is 6.33. The molecule has 1 aromatic rings. The summed E-state index contributed by atoms with van der Waals surface area (Å²) < 4.78 is 5.04. The van der Waals surface area contributed by atoms with E-state index in [2.05, 4.69) is 5.32 Å². The fourth-order valence-corrected chi connectivity index (χ4v) is 1.44. The maximum absolute atomic E-state index is 11.5. The van der Waals surface area contributed by atoms with Crippen LogP contribution in [0.15, 0.2) is 18.2 Å². The summed E-state index contributed by atoms with van der Waals surface area (Å²) in [5, 5.41) is 12.2. The van der Waals surface area contributed by atoms with E-state index < -0.39 is 6.10 Å². The van der Waals surface area contributed by atoms with Gasteiger partial charge in [-0.15, -0.1) is 0 Å². The molecule has 0 aromatic heterocycles. The van der Waals surface area contributed by atoms with Crippen molar-refractivity contribution >= 4 is 23.2 Å². The molecule has 5 heteroatoms. The standard InChI is InChI=1S/C12H16ClNO3/c1-8(15)3-6-12(16)14-11-7-9(17-2)4-5-10(11)13/h4-5,7-8,15H,3,6H2,1-2H3,(H,14,16). The van der Waals surface area contributed by atoms with Gasteiger partial charge in [0.05, 0.1) is 23.9 Å². The van der Waals surface area contributed by atoms with Gasteiger partial charge in [-0.3, -0.25) is 4.79 Å². The number of rotatable bonds is 5. The Balaban J connectivity index is 2.64. The van der Waals surface area contributed by atoms with Crippen molar-refractivity contribution in [2.45, 2.75) is 25.9 Å². The topological polar surface area (TPSA) is 58.6 Å². The minimum Gasteiger partial charge on any atom is -0.497 e. The Morgan fingerprint density at radius 1 is 1.59 bits per heavy atom. The van der Waals surface area contributed by atoms with Crippen LogP contribution in [0.25, 0.3) is 0 Å². The molecule has 1 amide bonds. The average Bonchev–Trinajstić information content (AvgIpc) is 2.29. The predicted octanol–water partition coefficient (Wildman–Crippen LogP) is 2.45. The van der Waals surface area contributed by atoms with Gasteiger partial charge < -0.3 is 15.2 Å². The van der Waals surface area contributed by atoms with Crippen LogP contribution < -0.4 is 10.1 Å². The van der Waals surface area contributed by atoms with E-state index in [1.54, 1.807) is 32.2 Å². The van der Waals surface area contributed by atoms with E-state index in [0.29, 0.717) is 22.9 Å². The first-order valence-electron chi connectivity index (χ1n) is 5.34. The third-order valence-corrected chi connectivity index (χ3v) is 2.57. The Morgan fingerprint density at radius 2 is 2.29 bits per heavy atom. The van der Waals surface area contributed by atoms with Crippen molar-refractivity contribution in [3.63, 3.8) is 0 Å². The van der Waals surface area contributed by atoms with Crippen LogP contribution in [0.2, 0.25) is 5.02 Å². The Labute approximate surface area is 106 Å². The highest BCUT2D eigenvalue weighted by atomic mass is 35.5. The Hall–Kier alpha value is -1.26. The fraction of sp³-hybridized carbons (Fsp3) is 0.417. The zero-order valence-corrected chi connectivity index (χ0v) is 10.6. The van der Waals surface area contributed by atoms with Crippen molar-refractivity contribution in [2.24, 2.45) is 0 Å². The molecule has 0 aliphatic carbocycles. The Kier molecular flexibility index (Phi) is 5.25. The smallest absolute Gasteiger partial charge is 0.224 e. The number of carbonyl (C=O) groups excluding carboxylic acids is 1. The normalized spacial score (nSPS) is 12.0. The first kappa shape index (κ1) is 13.8. The highest BCUT2D eigenvalue weighted by Gasteiger charge is 2.08. The zero-order valence-electron chi connectivity index (χ0n) is 9.87. The summed E-state index contributed by atoms with van der Waals surface area (Å²) in [5.74, 6) is 0.446. The highest BCUT2D eigenvalue weighted by Crippen LogP contribution is 2.26. The molecule has 1 unspecified atom stereocenters. The van der Waals surface area contributed by atoms with Crippen molar-refractivity contribution < 1.29 is 14.6 Å². The van der Waals surface area contributed by atoms with Gasteiger partial charge in [0, 0.05) is 12.5 Å². The number of amides is 1. The summed E-state index contributed by atoms with van der Waals surface area (Å²) in [4.78, 5) is 11.5. The van der Waals surface area contributed by atoms with E-state index in [1.807, 2.05) is 0 Å². The van der Waals surface area contributed by atoms with Crippen LogP contribution in [0.1, 0.15) is 19.8 Å². The zero-order chi connectivity index (χ0) is 12.8. The average molecular weight is 258 g/mol. The molecule has 1 rings (SSSR count). The molecular formula is C12H16ClNO3. The molecule has 0 saturated carbocycles. The molecule has 4 nitrogen and oxygen atoms in total. The molecule has 1 atom stereocenters. The number of hydrogen-bond donors (Lipinski definition) is 2. The molecular weight excluding hydrogens is 242 g/mol. The minimum absolute atomic E-state index is 0.180. The molecule has 94 valence electrons.